The number of rotatable bonds is 7. The summed E-state index contributed by atoms with van der Waals surface area (Å²) in [5, 5.41) is -0.481. The van der Waals surface area contributed by atoms with Crippen LogP contribution in [0.3, 0.4) is 0 Å². The van der Waals surface area contributed by atoms with Crippen molar-refractivity contribution in [2.24, 2.45) is 0 Å². The number of para-hydroxylation sites is 2. The van der Waals surface area contributed by atoms with Gasteiger partial charge in [-0.15, -0.1) is 11.6 Å². The summed E-state index contributed by atoms with van der Waals surface area (Å²) < 4.78 is 11.1. The van der Waals surface area contributed by atoms with E-state index in [0.717, 1.165) is 11.1 Å². The van der Waals surface area contributed by atoms with Crippen LogP contribution in [0, 0.1) is 0 Å². The Hall–Kier alpha value is -2.00. The van der Waals surface area contributed by atoms with Crippen LogP contribution in [0.1, 0.15) is 18.1 Å². The summed E-state index contributed by atoms with van der Waals surface area (Å²) in [6.45, 7) is 1.94. The van der Waals surface area contributed by atoms with Crippen molar-refractivity contribution in [3.63, 3.8) is 0 Å². The minimum Gasteiger partial charge on any atom is -0.493 e. The fourth-order valence-corrected chi connectivity index (χ4v) is 2.27. The van der Waals surface area contributed by atoms with Crippen molar-refractivity contribution in [2.75, 3.05) is 7.11 Å². The number of methoxy groups -OCH3 is 1. The lowest BCUT2D eigenvalue weighted by molar-refractivity contribution is -0.116. The largest absolute Gasteiger partial charge is 0.493 e. The van der Waals surface area contributed by atoms with Gasteiger partial charge in [-0.25, -0.2) is 0 Å². The molecule has 0 spiro atoms. The molecule has 116 valence electrons. The maximum Gasteiger partial charge on any atom is 0.161 e. The second kappa shape index (κ2) is 7.85. The molecule has 0 N–H and O–H groups in total. The molecule has 0 heterocycles. The molecule has 1 atom stereocenters. The smallest absolute Gasteiger partial charge is 0.161 e. The highest BCUT2D eigenvalue weighted by atomic mass is 35.5. The van der Waals surface area contributed by atoms with Crippen molar-refractivity contribution in [1.29, 1.82) is 0 Å². The van der Waals surface area contributed by atoms with Crippen molar-refractivity contribution in [2.45, 2.75) is 25.3 Å². The van der Waals surface area contributed by atoms with E-state index in [0.29, 0.717) is 24.5 Å². The molecule has 0 bridgehead atoms. The van der Waals surface area contributed by atoms with E-state index in [1.54, 1.807) is 7.11 Å². The van der Waals surface area contributed by atoms with Gasteiger partial charge in [-0.2, -0.15) is 0 Å². The predicted molar refractivity (Wildman–Crippen MR) is 87.8 cm³/mol. The summed E-state index contributed by atoms with van der Waals surface area (Å²) >= 11 is 6.02. The summed E-state index contributed by atoms with van der Waals surface area (Å²) in [6, 6.07) is 15.4. The molecular formula is C18H19ClO3. The van der Waals surface area contributed by atoms with Gasteiger partial charge in [0.2, 0.25) is 0 Å². The lowest BCUT2D eigenvalue weighted by Crippen LogP contribution is -2.13. The van der Waals surface area contributed by atoms with E-state index in [1.807, 2.05) is 48.5 Å². The van der Waals surface area contributed by atoms with Crippen molar-refractivity contribution < 1.29 is 14.3 Å². The third-order valence-corrected chi connectivity index (χ3v) is 3.77. The van der Waals surface area contributed by atoms with Crippen LogP contribution < -0.4 is 9.47 Å². The normalized spacial score (nSPS) is 11.8. The number of hydrogen-bond donors (Lipinski definition) is 0. The van der Waals surface area contributed by atoms with Gasteiger partial charge in [-0.3, -0.25) is 4.79 Å². The van der Waals surface area contributed by atoms with Crippen LogP contribution in [-0.2, 0) is 17.8 Å². The second-order valence-corrected chi connectivity index (χ2v) is 5.57. The van der Waals surface area contributed by atoms with Gasteiger partial charge >= 0.3 is 0 Å². The fraction of sp³-hybridized carbons (Fsp3) is 0.278. The number of hydrogen-bond acceptors (Lipinski definition) is 3. The molecule has 0 saturated heterocycles. The molecule has 0 radical (unpaired) electrons. The first-order valence-corrected chi connectivity index (χ1v) is 7.52. The van der Waals surface area contributed by atoms with Crippen molar-refractivity contribution >= 4 is 17.4 Å². The Morgan fingerprint density at radius 1 is 1.09 bits per heavy atom. The highest BCUT2D eigenvalue weighted by molar-refractivity contribution is 6.30. The molecule has 0 aliphatic rings. The van der Waals surface area contributed by atoms with Gasteiger partial charge in [-0.1, -0.05) is 36.4 Å². The third-order valence-electron chi connectivity index (χ3n) is 3.31. The lowest BCUT2D eigenvalue weighted by Gasteiger charge is -2.11. The highest BCUT2D eigenvalue weighted by Crippen LogP contribution is 2.26. The van der Waals surface area contributed by atoms with Gasteiger partial charge in [0.1, 0.15) is 12.4 Å². The lowest BCUT2D eigenvalue weighted by atomic mass is 10.1. The Morgan fingerprint density at radius 3 is 2.45 bits per heavy atom. The zero-order valence-corrected chi connectivity index (χ0v) is 13.5. The molecule has 0 aliphatic heterocycles. The summed E-state index contributed by atoms with van der Waals surface area (Å²) in [4.78, 5) is 11.2. The van der Waals surface area contributed by atoms with E-state index in [1.165, 1.54) is 6.92 Å². The second-order valence-electron chi connectivity index (χ2n) is 5.04. The molecule has 0 aromatic heterocycles. The Balaban J connectivity index is 2.03. The summed E-state index contributed by atoms with van der Waals surface area (Å²) in [6.07, 6.45) is 0.527. The molecule has 1 unspecified atom stereocenters. The predicted octanol–water partition coefficient (Wildman–Crippen LogP) is 4.01. The van der Waals surface area contributed by atoms with E-state index < -0.39 is 5.38 Å². The van der Waals surface area contributed by atoms with Crippen LogP contribution >= 0.6 is 11.6 Å². The Bertz CT molecular complexity index is 640. The maximum absolute atomic E-state index is 11.2. The Labute approximate surface area is 135 Å². The summed E-state index contributed by atoms with van der Waals surface area (Å²) in [7, 11) is 1.62. The molecule has 2 rings (SSSR count). The van der Waals surface area contributed by atoms with Crippen LogP contribution in [0.4, 0.5) is 0 Å². The van der Waals surface area contributed by atoms with Crippen molar-refractivity contribution in [3.8, 4) is 11.5 Å². The Morgan fingerprint density at radius 2 is 1.77 bits per heavy atom. The third kappa shape index (κ3) is 4.50. The number of ketones is 1. The van der Waals surface area contributed by atoms with Crippen molar-refractivity contribution in [1.82, 2.24) is 0 Å². The van der Waals surface area contributed by atoms with E-state index >= 15 is 0 Å². The van der Waals surface area contributed by atoms with E-state index in [9.17, 15) is 4.79 Å². The first-order chi connectivity index (χ1) is 10.6. The van der Waals surface area contributed by atoms with Crippen LogP contribution in [0.25, 0.3) is 0 Å². The summed E-state index contributed by atoms with van der Waals surface area (Å²) in [5.41, 5.74) is 2.05. The Kier molecular flexibility index (Phi) is 5.84. The van der Waals surface area contributed by atoms with Gasteiger partial charge in [0.15, 0.2) is 11.5 Å². The molecule has 3 nitrogen and oxygen atoms in total. The average Bonchev–Trinajstić information content (AvgIpc) is 2.53. The molecule has 2 aromatic carbocycles. The van der Waals surface area contributed by atoms with E-state index in [2.05, 4.69) is 0 Å². The van der Waals surface area contributed by atoms with E-state index in [4.69, 9.17) is 21.1 Å². The summed E-state index contributed by atoms with van der Waals surface area (Å²) in [5.74, 6) is 1.39. The van der Waals surface area contributed by atoms with Gasteiger partial charge in [0.05, 0.1) is 12.5 Å². The van der Waals surface area contributed by atoms with E-state index in [-0.39, 0.29) is 5.78 Å². The monoisotopic (exact) mass is 318 g/mol. The topological polar surface area (TPSA) is 35.5 Å². The number of halogens is 1. The molecule has 4 heteroatoms. The SMILES string of the molecule is COc1ccccc1OCc1cccc(CC(Cl)C(C)=O)c1. The molecule has 22 heavy (non-hydrogen) atoms. The van der Waals surface area contributed by atoms with Crippen LogP contribution in [0.5, 0.6) is 11.5 Å². The fourth-order valence-electron chi connectivity index (χ4n) is 2.10. The minimum absolute atomic E-state index is 0.0164. The number of carbonyl (C=O) groups excluding carboxylic acids is 1. The quantitative estimate of drug-likeness (QED) is 0.723. The maximum atomic E-state index is 11.2. The molecule has 2 aromatic rings. The van der Waals surface area contributed by atoms with Gasteiger partial charge in [-0.05, 0) is 36.6 Å². The number of carbonyl (C=O) groups is 1. The molecule has 0 amide bonds. The van der Waals surface area contributed by atoms with Crippen LogP contribution in [0.15, 0.2) is 48.5 Å². The number of ether oxygens (including phenoxy) is 2. The first kappa shape index (κ1) is 16.4. The van der Waals surface area contributed by atoms with Gasteiger partial charge < -0.3 is 9.47 Å². The van der Waals surface area contributed by atoms with Crippen LogP contribution in [0.2, 0.25) is 0 Å². The van der Waals surface area contributed by atoms with Gasteiger partial charge in [0.25, 0.3) is 0 Å². The molecule has 0 fully saturated rings. The molecule has 0 saturated carbocycles. The number of alkyl halides is 1. The zero-order chi connectivity index (χ0) is 15.9. The number of benzene rings is 2. The van der Waals surface area contributed by atoms with Crippen LogP contribution in [-0.4, -0.2) is 18.3 Å². The minimum atomic E-state index is -0.481. The van der Waals surface area contributed by atoms with Gasteiger partial charge in [0, 0.05) is 0 Å². The highest BCUT2D eigenvalue weighted by Gasteiger charge is 2.11. The standard InChI is InChI=1S/C18H19ClO3/c1-13(20)16(19)11-14-6-5-7-15(10-14)12-22-18-9-4-3-8-17(18)21-2/h3-10,16H,11-12H2,1-2H3. The van der Waals surface area contributed by atoms with Crippen molar-refractivity contribution in [3.05, 3.63) is 59.7 Å². The zero-order valence-electron chi connectivity index (χ0n) is 12.7. The average molecular weight is 319 g/mol. The molecule has 0 aliphatic carbocycles. The molecular weight excluding hydrogens is 300 g/mol. The first-order valence-electron chi connectivity index (χ1n) is 7.08. The number of Topliss-reactive ketones (excluding diaryl/α,β-unsaturated/α-hetero) is 1.